The fraction of sp³-hybridized carbons (Fsp3) is 0. The van der Waals surface area contributed by atoms with Crippen LogP contribution in [0.4, 0.5) is 11.4 Å². The molecular formula is C50H29N5. The predicted octanol–water partition coefficient (Wildman–Crippen LogP) is 13.7. The van der Waals surface area contributed by atoms with Gasteiger partial charge in [-0.05, 0) is 83.2 Å². The highest BCUT2D eigenvalue weighted by atomic mass is 15.0. The molecule has 0 aliphatic rings. The van der Waals surface area contributed by atoms with Gasteiger partial charge in [-0.3, -0.25) is 0 Å². The number of rotatable bonds is 4. The summed E-state index contributed by atoms with van der Waals surface area (Å²) < 4.78 is 6.96. The molecule has 0 radical (unpaired) electrons. The highest BCUT2D eigenvalue weighted by Gasteiger charge is 2.20. The van der Waals surface area contributed by atoms with E-state index in [4.69, 9.17) is 13.1 Å². The van der Waals surface area contributed by atoms with Gasteiger partial charge in [-0.15, -0.1) is 0 Å². The van der Waals surface area contributed by atoms with Gasteiger partial charge in [-0.1, -0.05) is 109 Å². The van der Waals surface area contributed by atoms with Crippen molar-refractivity contribution < 1.29 is 0 Å². The van der Waals surface area contributed by atoms with Crippen LogP contribution in [0.1, 0.15) is 0 Å². The number of hydrogen-bond donors (Lipinski definition) is 0. The fourth-order valence-electron chi connectivity index (χ4n) is 8.80. The second-order valence-electron chi connectivity index (χ2n) is 13.9. The zero-order valence-electron chi connectivity index (χ0n) is 29.5. The van der Waals surface area contributed by atoms with Crippen LogP contribution >= 0.6 is 0 Å². The van der Waals surface area contributed by atoms with Crippen molar-refractivity contribution in [2.24, 2.45) is 0 Å². The van der Waals surface area contributed by atoms with Crippen LogP contribution in [-0.2, 0) is 0 Å². The normalized spacial score (nSPS) is 11.6. The van der Waals surface area contributed by atoms with E-state index in [1.54, 1.807) is 0 Å². The third-order valence-electron chi connectivity index (χ3n) is 11.1. The molecule has 0 amide bonds. The van der Waals surface area contributed by atoms with Crippen molar-refractivity contribution in [3.8, 4) is 28.2 Å². The molecule has 0 N–H and O–H groups in total. The maximum atomic E-state index is 8.14. The molecule has 3 heterocycles. The van der Waals surface area contributed by atoms with E-state index in [1.165, 1.54) is 32.6 Å². The van der Waals surface area contributed by atoms with E-state index >= 15 is 0 Å². The van der Waals surface area contributed by atoms with Crippen molar-refractivity contribution in [1.82, 2.24) is 13.7 Å². The van der Waals surface area contributed by atoms with Gasteiger partial charge in [0.1, 0.15) is 0 Å². The number of benzene rings is 8. The average Bonchev–Trinajstić information content (AvgIpc) is 3.89. The SMILES string of the molecule is [C-]#[N+]c1ccc(-n2c3ccccc3c3c(-n4c5ccccc5c5ccccc54)cccc32)cc1-c1ccc(-n2c3ccccc3c3c([N+]#[C-])cccc32)cc1. The Kier molecular flexibility index (Phi) is 6.61. The minimum absolute atomic E-state index is 0.599. The first-order valence-corrected chi connectivity index (χ1v) is 18.3. The molecule has 0 fully saturated rings. The highest BCUT2D eigenvalue weighted by molar-refractivity contribution is 6.17. The maximum Gasteiger partial charge on any atom is 0.197 e. The summed E-state index contributed by atoms with van der Waals surface area (Å²) in [6, 6.07) is 61.3. The molecule has 0 aliphatic heterocycles. The van der Waals surface area contributed by atoms with E-state index < -0.39 is 0 Å². The van der Waals surface area contributed by atoms with Crippen molar-refractivity contribution in [2.45, 2.75) is 0 Å². The Morgan fingerprint density at radius 1 is 0.345 bits per heavy atom. The van der Waals surface area contributed by atoms with Crippen molar-refractivity contribution >= 4 is 76.8 Å². The van der Waals surface area contributed by atoms with Crippen LogP contribution in [0.2, 0.25) is 0 Å². The van der Waals surface area contributed by atoms with Gasteiger partial charge in [0.05, 0.1) is 46.4 Å². The zero-order valence-corrected chi connectivity index (χ0v) is 29.5. The maximum absolute atomic E-state index is 8.14. The molecule has 11 rings (SSSR count). The van der Waals surface area contributed by atoms with Crippen LogP contribution in [0.15, 0.2) is 176 Å². The molecule has 0 saturated carbocycles. The largest absolute Gasteiger partial charge is 0.311 e. The van der Waals surface area contributed by atoms with Gasteiger partial charge in [-0.25, -0.2) is 9.69 Å². The van der Waals surface area contributed by atoms with Crippen LogP contribution in [-0.4, -0.2) is 13.7 Å². The molecule has 0 saturated heterocycles. The van der Waals surface area contributed by atoms with Crippen LogP contribution in [0, 0.1) is 13.1 Å². The van der Waals surface area contributed by atoms with E-state index in [1.807, 2.05) is 30.3 Å². The van der Waals surface area contributed by atoms with Gasteiger partial charge in [-0.2, -0.15) is 0 Å². The molecular weight excluding hydrogens is 671 g/mol. The monoisotopic (exact) mass is 699 g/mol. The number of para-hydroxylation sites is 4. The van der Waals surface area contributed by atoms with Gasteiger partial charge in [0.15, 0.2) is 11.4 Å². The van der Waals surface area contributed by atoms with Crippen molar-refractivity contribution in [1.29, 1.82) is 0 Å². The molecule has 0 atom stereocenters. The second-order valence-corrected chi connectivity index (χ2v) is 13.9. The summed E-state index contributed by atoms with van der Waals surface area (Å²) in [5.74, 6) is 0. The van der Waals surface area contributed by atoms with Gasteiger partial charge in [0.2, 0.25) is 0 Å². The smallest absolute Gasteiger partial charge is 0.197 e. The summed E-state index contributed by atoms with van der Waals surface area (Å²) in [4.78, 5) is 7.82. The van der Waals surface area contributed by atoms with Gasteiger partial charge in [0, 0.05) is 43.8 Å². The molecule has 3 aromatic heterocycles. The van der Waals surface area contributed by atoms with Crippen molar-refractivity contribution in [3.05, 3.63) is 199 Å². The number of nitrogens with zero attached hydrogens (tertiary/aromatic N) is 5. The Hall–Kier alpha value is -7.86. The molecule has 5 nitrogen and oxygen atoms in total. The van der Waals surface area contributed by atoms with Gasteiger partial charge >= 0.3 is 0 Å². The standard InChI is InChI=1S/C50H29N5/c1-51-40-30-29-34(31-39(40)32-25-27-33(28-26-32)53-44-20-9-5-15-37(44)49-41(52-2)17-11-22-46(49)53)54-45-21-10-6-16-38(45)50-47(54)23-12-24-48(50)55-42-18-7-3-13-35(42)36-14-4-8-19-43(36)55/h3-31H. The summed E-state index contributed by atoms with van der Waals surface area (Å²) in [5, 5.41) is 6.84. The first-order chi connectivity index (χ1) is 27.2. The van der Waals surface area contributed by atoms with Crippen LogP contribution in [0.5, 0.6) is 0 Å². The summed E-state index contributed by atoms with van der Waals surface area (Å²) in [5.41, 5.74) is 12.8. The molecule has 254 valence electrons. The Labute approximate surface area is 316 Å². The molecule has 0 aliphatic carbocycles. The van der Waals surface area contributed by atoms with Crippen LogP contribution < -0.4 is 0 Å². The number of aromatic nitrogens is 3. The lowest BCUT2D eigenvalue weighted by Crippen LogP contribution is -1.97. The van der Waals surface area contributed by atoms with E-state index in [0.717, 1.165) is 61.0 Å². The van der Waals surface area contributed by atoms with Crippen molar-refractivity contribution in [3.63, 3.8) is 0 Å². The number of hydrogen-bond acceptors (Lipinski definition) is 0. The summed E-state index contributed by atoms with van der Waals surface area (Å²) >= 11 is 0. The fourth-order valence-corrected chi connectivity index (χ4v) is 8.80. The Morgan fingerprint density at radius 3 is 1.44 bits per heavy atom. The molecule has 11 aromatic rings. The summed E-state index contributed by atoms with van der Waals surface area (Å²) in [6.07, 6.45) is 0. The van der Waals surface area contributed by atoms with Crippen LogP contribution in [0.25, 0.3) is 103 Å². The second kappa shape index (κ2) is 11.8. The molecule has 0 spiro atoms. The first kappa shape index (κ1) is 30.7. The minimum atomic E-state index is 0.599. The lowest BCUT2D eigenvalue weighted by atomic mass is 10.0. The molecule has 0 bridgehead atoms. The molecule has 5 heteroatoms. The summed E-state index contributed by atoms with van der Waals surface area (Å²) in [7, 11) is 0. The lowest BCUT2D eigenvalue weighted by Gasteiger charge is -2.14. The Morgan fingerprint density at radius 2 is 0.818 bits per heavy atom. The predicted molar refractivity (Wildman–Crippen MR) is 227 cm³/mol. The van der Waals surface area contributed by atoms with E-state index in [0.29, 0.717) is 11.4 Å². The topological polar surface area (TPSA) is 23.5 Å². The average molecular weight is 700 g/mol. The van der Waals surface area contributed by atoms with Crippen LogP contribution in [0.3, 0.4) is 0 Å². The molecule has 55 heavy (non-hydrogen) atoms. The number of fused-ring (bicyclic) bond motifs is 9. The van der Waals surface area contributed by atoms with E-state index in [9.17, 15) is 0 Å². The highest BCUT2D eigenvalue weighted by Crippen LogP contribution is 2.42. The quantitative estimate of drug-likeness (QED) is 0.163. The molecule has 0 unspecified atom stereocenters. The third-order valence-corrected chi connectivity index (χ3v) is 11.1. The first-order valence-electron chi connectivity index (χ1n) is 18.3. The Bertz CT molecular complexity index is 3400. The van der Waals surface area contributed by atoms with Gasteiger partial charge in [0.25, 0.3) is 0 Å². The summed E-state index contributed by atoms with van der Waals surface area (Å²) in [6.45, 7) is 16.0. The third kappa shape index (κ3) is 4.39. The van der Waals surface area contributed by atoms with E-state index in [2.05, 4.69) is 169 Å². The zero-order chi connectivity index (χ0) is 36.6. The minimum Gasteiger partial charge on any atom is -0.311 e. The van der Waals surface area contributed by atoms with Crippen molar-refractivity contribution in [2.75, 3.05) is 0 Å². The van der Waals surface area contributed by atoms with E-state index in [-0.39, 0.29) is 0 Å². The van der Waals surface area contributed by atoms with Gasteiger partial charge < -0.3 is 13.7 Å². The Balaban J connectivity index is 1.10. The lowest BCUT2D eigenvalue weighted by molar-refractivity contribution is 1.17. The molecule has 8 aromatic carbocycles.